The van der Waals surface area contributed by atoms with Gasteiger partial charge in [-0.25, -0.2) is 0 Å². The maximum absolute atomic E-state index is 11.9. The molecule has 2 rings (SSSR count). The van der Waals surface area contributed by atoms with Crippen LogP contribution < -0.4 is 0 Å². The zero-order valence-corrected chi connectivity index (χ0v) is 20.3. The molecule has 0 unspecified atom stereocenters. The van der Waals surface area contributed by atoms with Gasteiger partial charge in [-0.3, -0.25) is 14.5 Å². The predicted octanol–water partition coefficient (Wildman–Crippen LogP) is 4.41. The van der Waals surface area contributed by atoms with E-state index in [4.69, 9.17) is 0 Å². The van der Waals surface area contributed by atoms with Crippen molar-refractivity contribution in [2.45, 2.75) is 92.0 Å². The van der Waals surface area contributed by atoms with Gasteiger partial charge in [-0.1, -0.05) is 34.1 Å². The van der Waals surface area contributed by atoms with Crippen LogP contribution in [0.4, 0.5) is 0 Å². The van der Waals surface area contributed by atoms with Crippen LogP contribution in [0.1, 0.15) is 86.5 Å². The average Bonchev–Trinajstić information content (AvgIpc) is 2.64. The molecule has 2 aliphatic heterocycles. The van der Waals surface area contributed by atoms with E-state index in [1.165, 1.54) is 25.7 Å². The molecule has 0 aromatic heterocycles. The van der Waals surface area contributed by atoms with E-state index in [9.17, 15) is 9.59 Å². The van der Waals surface area contributed by atoms with Crippen molar-refractivity contribution in [3.63, 3.8) is 0 Å². The average molecular weight is 410 g/mol. The summed E-state index contributed by atoms with van der Waals surface area (Å²) < 4.78 is 0. The molecule has 0 aliphatic carbocycles. The van der Waals surface area contributed by atoms with Gasteiger partial charge in [-0.15, -0.1) is 0 Å². The summed E-state index contributed by atoms with van der Waals surface area (Å²) in [6, 6.07) is 0. The molecule has 29 heavy (non-hydrogen) atoms. The highest BCUT2D eigenvalue weighted by Gasteiger charge is 2.33. The largest absolute Gasteiger partial charge is 0.343 e. The third kappa shape index (κ3) is 9.97. The number of rotatable bonds is 6. The molecule has 5 nitrogen and oxygen atoms in total. The SMILES string of the molecule is CC(C)CC(=O)N1CCN(C)C(C)(C)C1.CC(C)CCCC(=O)N1CCCCC1. The van der Waals surface area contributed by atoms with Crippen molar-refractivity contribution in [2.24, 2.45) is 11.8 Å². The summed E-state index contributed by atoms with van der Waals surface area (Å²) in [7, 11) is 2.13. The summed E-state index contributed by atoms with van der Waals surface area (Å²) in [4.78, 5) is 30.0. The Bertz CT molecular complexity index is 496. The second-order valence-corrected chi connectivity index (χ2v) is 10.4. The van der Waals surface area contributed by atoms with Crippen molar-refractivity contribution >= 4 is 11.8 Å². The molecule has 0 radical (unpaired) electrons. The van der Waals surface area contributed by atoms with Gasteiger partial charge < -0.3 is 9.80 Å². The van der Waals surface area contributed by atoms with E-state index in [1.54, 1.807) is 0 Å². The first kappa shape index (κ1) is 25.9. The van der Waals surface area contributed by atoms with Crippen molar-refractivity contribution in [2.75, 3.05) is 39.8 Å². The molecule has 0 atom stereocenters. The topological polar surface area (TPSA) is 43.9 Å². The highest BCUT2D eigenvalue weighted by atomic mass is 16.2. The number of likely N-dealkylation sites (N-methyl/N-ethyl adjacent to an activating group) is 1. The number of amides is 2. The normalized spacial score (nSPS) is 19.9. The summed E-state index contributed by atoms with van der Waals surface area (Å²) in [6.45, 7) is 17.7. The predicted molar refractivity (Wildman–Crippen MR) is 122 cm³/mol. The number of carbonyl (C=O) groups excluding carboxylic acids is 2. The standard InChI is InChI=1S/C12H24N2O.C12H23NO/c1-10(2)8-11(15)14-7-6-13(5)12(3,4)9-14;1-11(2)7-6-8-12(14)13-9-4-3-5-10-13/h10H,6-9H2,1-5H3;11H,3-10H2,1-2H3. The van der Waals surface area contributed by atoms with Gasteiger partial charge in [0.15, 0.2) is 0 Å². The number of hydrogen-bond donors (Lipinski definition) is 0. The first-order valence-corrected chi connectivity index (χ1v) is 11.8. The Kier molecular flexibility index (Phi) is 11.2. The number of likely N-dealkylation sites (tertiary alicyclic amines) is 1. The Balaban J connectivity index is 0.000000291. The minimum Gasteiger partial charge on any atom is -0.343 e. The van der Waals surface area contributed by atoms with Crippen molar-refractivity contribution < 1.29 is 9.59 Å². The maximum Gasteiger partial charge on any atom is 0.222 e. The second kappa shape index (κ2) is 12.6. The number of carbonyl (C=O) groups is 2. The van der Waals surface area contributed by atoms with Crippen LogP contribution in [-0.2, 0) is 9.59 Å². The Hall–Kier alpha value is -1.10. The van der Waals surface area contributed by atoms with E-state index in [1.807, 2.05) is 9.80 Å². The lowest BCUT2D eigenvalue weighted by atomic mass is 9.99. The fourth-order valence-electron chi connectivity index (χ4n) is 3.89. The van der Waals surface area contributed by atoms with Crippen molar-refractivity contribution in [3.8, 4) is 0 Å². The molecule has 2 aliphatic rings. The van der Waals surface area contributed by atoms with Crippen molar-refractivity contribution in [3.05, 3.63) is 0 Å². The quantitative estimate of drug-likeness (QED) is 0.653. The van der Waals surface area contributed by atoms with Crippen LogP contribution in [0.3, 0.4) is 0 Å². The molecule has 0 aromatic carbocycles. The van der Waals surface area contributed by atoms with Gasteiger partial charge in [0, 0.05) is 51.1 Å². The Morgan fingerprint density at radius 1 is 0.828 bits per heavy atom. The molecular formula is C24H47N3O2. The Morgan fingerprint density at radius 2 is 1.45 bits per heavy atom. The highest BCUT2D eigenvalue weighted by Crippen LogP contribution is 2.20. The summed E-state index contributed by atoms with van der Waals surface area (Å²) in [5, 5.41) is 0. The zero-order valence-electron chi connectivity index (χ0n) is 20.3. The molecule has 5 heteroatoms. The summed E-state index contributed by atoms with van der Waals surface area (Å²) >= 11 is 0. The summed E-state index contributed by atoms with van der Waals surface area (Å²) in [6.07, 6.45) is 7.40. The van der Waals surface area contributed by atoms with E-state index in [0.717, 1.165) is 51.5 Å². The molecule has 0 saturated carbocycles. The van der Waals surface area contributed by atoms with Gasteiger partial charge in [0.2, 0.25) is 11.8 Å². The smallest absolute Gasteiger partial charge is 0.222 e. The summed E-state index contributed by atoms with van der Waals surface area (Å²) in [5.41, 5.74) is 0.116. The molecular weight excluding hydrogens is 362 g/mol. The molecule has 2 amide bonds. The van der Waals surface area contributed by atoms with E-state index in [-0.39, 0.29) is 5.54 Å². The fraction of sp³-hybridized carbons (Fsp3) is 0.917. The number of piperazine rings is 1. The Morgan fingerprint density at radius 3 is 1.97 bits per heavy atom. The molecule has 0 bridgehead atoms. The van der Waals surface area contributed by atoms with Crippen LogP contribution in [0.15, 0.2) is 0 Å². The van der Waals surface area contributed by atoms with Gasteiger partial charge in [0.05, 0.1) is 0 Å². The molecule has 2 saturated heterocycles. The van der Waals surface area contributed by atoms with Crippen LogP contribution in [0.2, 0.25) is 0 Å². The van der Waals surface area contributed by atoms with Gasteiger partial charge >= 0.3 is 0 Å². The molecule has 0 spiro atoms. The molecule has 0 aromatic rings. The van der Waals surface area contributed by atoms with Crippen LogP contribution in [0.25, 0.3) is 0 Å². The van der Waals surface area contributed by atoms with Crippen LogP contribution in [0.5, 0.6) is 0 Å². The lowest BCUT2D eigenvalue weighted by Crippen LogP contribution is -2.58. The highest BCUT2D eigenvalue weighted by molar-refractivity contribution is 5.76. The van der Waals surface area contributed by atoms with Gasteiger partial charge in [-0.05, 0) is 58.4 Å². The second-order valence-electron chi connectivity index (χ2n) is 10.4. The van der Waals surface area contributed by atoms with E-state index in [2.05, 4.69) is 53.5 Å². The maximum atomic E-state index is 11.9. The lowest BCUT2D eigenvalue weighted by molar-refractivity contribution is -0.136. The minimum atomic E-state index is 0.116. The van der Waals surface area contributed by atoms with E-state index >= 15 is 0 Å². The van der Waals surface area contributed by atoms with Gasteiger partial charge in [-0.2, -0.15) is 0 Å². The monoisotopic (exact) mass is 409 g/mol. The number of piperidine rings is 1. The summed E-state index contributed by atoms with van der Waals surface area (Å²) in [5.74, 6) is 1.88. The molecule has 170 valence electrons. The van der Waals surface area contributed by atoms with Gasteiger partial charge in [0.25, 0.3) is 0 Å². The molecule has 0 N–H and O–H groups in total. The third-order valence-electron chi connectivity index (χ3n) is 6.13. The van der Waals surface area contributed by atoms with Crippen LogP contribution >= 0.6 is 0 Å². The zero-order chi connectivity index (χ0) is 22.0. The molecule has 2 heterocycles. The van der Waals surface area contributed by atoms with Crippen LogP contribution in [-0.4, -0.2) is 71.8 Å². The number of nitrogens with zero attached hydrogens (tertiary/aromatic N) is 3. The third-order valence-corrected chi connectivity index (χ3v) is 6.13. The van der Waals surface area contributed by atoms with Crippen molar-refractivity contribution in [1.82, 2.24) is 14.7 Å². The lowest BCUT2D eigenvalue weighted by Gasteiger charge is -2.45. The van der Waals surface area contributed by atoms with Crippen molar-refractivity contribution in [1.29, 1.82) is 0 Å². The molecule has 2 fully saturated rings. The van der Waals surface area contributed by atoms with E-state index in [0.29, 0.717) is 24.2 Å². The fourth-order valence-corrected chi connectivity index (χ4v) is 3.89. The van der Waals surface area contributed by atoms with Gasteiger partial charge in [0.1, 0.15) is 0 Å². The van der Waals surface area contributed by atoms with Crippen LogP contribution in [0, 0.1) is 11.8 Å². The number of hydrogen-bond acceptors (Lipinski definition) is 3. The minimum absolute atomic E-state index is 0.116. The Labute approximate surface area is 180 Å². The first-order valence-electron chi connectivity index (χ1n) is 11.8. The first-order chi connectivity index (χ1) is 13.5. The van der Waals surface area contributed by atoms with E-state index < -0.39 is 0 Å².